The minimum absolute atomic E-state index is 0.151. The van der Waals surface area contributed by atoms with Crippen LogP contribution in [0, 0.1) is 0 Å². The van der Waals surface area contributed by atoms with Crippen LogP contribution in [0.4, 0.5) is 0 Å². The van der Waals surface area contributed by atoms with E-state index >= 15 is 0 Å². The van der Waals surface area contributed by atoms with Crippen LogP contribution in [0.2, 0.25) is 0 Å². The lowest BCUT2D eigenvalue weighted by atomic mass is 10.3. The van der Waals surface area contributed by atoms with E-state index in [0.29, 0.717) is 30.2 Å². The molecule has 10 nitrogen and oxygen atoms in total. The fourth-order valence-electron chi connectivity index (χ4n) is 1.59. The minimum atomic E-state index is -0.562. The number of carbonyl (C=O) groups excluding carboxylic acids is 5. The largest absolute Gasteiger partial charge is 0.508 e. The van der Waals surface area contributed by atoms with E-state index in [1.807, 2.05) is 0 Å². The van der Waals surface area contributed by atoms with Gasteiger partial charge in [0.05, 0.1) is 0 Å². The average molecular weight is 420 g/mol. The standard InChI is InChI=1S/C9H8O4.C7H6O3.C4H6O3/c1-7(11)13-9-4-2-8(3-5-9)12-6-10;8-5-10-7-3-1-6(9)2-4-7;1-3(5)7-4(2)6/h2-6H,1H3;1-5,9H;1-2H3. The third-order valence-corrected chi connectivity index (χ3v) is 2.58. The molecular formula is C20H20O10. The maximum absolute atomic E-state index is 10.5. The van der Waals surface area contributed by atoms with Gasteiger partial charge in [-0.25, -0.2) is 0 Å². The Balaban J connectivity index is 0.000000442. The molecule has 0 heterocycles. The second-order valence-electron chi connectivity index (χ2n) is 5.07. The average Bonchev–Trinajstić information content (AvgIpc) is 2.65. The molecule has 0 radical (unpaired) electrons. The quantitative estimate of drug-likeness (QED) is 0.331. The van der Waals surface area contributed by atoms with Gasteiger partial charge < -0.3 is 24.1 Å². The summed E-state index contributed by atoms with van der Waals surface area (Å²) >= 11 is 0. The van der Waals surface area contributed by atoms with Crippen molar-refractivity contribution in [3.63, 3.8) is 0 Å². The molecule has 2 aromatic rings. The van der Waals surface area contributed by atoms with E-state index in [1.54, 1.807) is 12.1 Å². The van der Waals surface area contributed by atoms with E-state index in [0.717, 1.165) is 0 Å². The van der Waals surface area contributed by atoms with Gasteiger partial charge in [-0.15, -0.1) is 0 Å². The van der Waals surface area contributed by atoms with Gasteiger partial charge in [-0.05, 0) is 48.5 Å². The number of phenolic OH excluding ortho intramolecular Hbond substituents is 1. The molecule has 0 aliphatic heterocycles. The molecule has 30 heavy (non-hydrogen) atoms. The number of phenols is 1. The van der Waals surface area contributed by atoms with Crippen molar-refractivity contribution in [2.75, 3.05) is 0 Å². The lowest BCUT2D eigenvalue weighted by Gasteiger charge is -2.01. The van der Waals surface area contributed by atoms with Crippen molar-refractivity contribution in [2.24, 2.45) is 0 Å². The molecule has 2 rings (SSSR count). The van der Waals surface area contributed by atoms with Crippen molar-refractivity contribution in [1.29, 1.82) is 0 Å². The molecule has 0 saturated heterocycles. The Labute approximate surface area is 171 Å². The van der Waals surface area contributed by atoms with Crippen LogP contribution in [0.1, 0.15) is 20.8 Å². The number of rotatable bonds is 5. The highest BCUT2D eigenvalue weighted by Crippen LogP contribution is 2.17. The zero-order chi connectivity index (χ0) is 22.9. The SMILES string of the molecule is CC(=O)OC(C)=O.CC(=O)Oc1ccc(OC=O)cc1.O=COc1ccc(O)cc1. The lowest BCUT2D eigenvalue weighted by molar-refractivity contribution is -0.156. The van der Waals surface area contributed by atoms with Crippen LogP contribution in [0.15, 0.2) is 48.5 Å². The first kappa shape index (κ1) is 25.8. The van der Waals surface area contributed by atoms with Gasteiger partial charge in [0, 0.05) is 20.8 Å². The number of esters is 3. The molecule has 10 heteroatoms. The van der Waals surface area contributed by atoms with E-state index in [4.69, 9.17) is 9.84 Å². The molecule has 0 fully saturated rings. The highest BCUT2D eigenvalue weighted by molar-refractivity contribution is 5.82. The van der Waals surface area contributed by atoms with Crippen molar-refractivity contribution in [3.8, 4) is 23.0 Å². The second-order valence-corrected chi connectivity index (χ2v) is 5.07. The summed E-state index contributed by atoms with van der Waals surface area (Å²) in [6.45, 7) is 4.35. The van der Waals surface area contributed by atoms with Gasteiger partial charge in [0.1, 0.15) is 23.0 Å². The summed E-state index contributed by atoms with van der Waals surface area (Å²) in [6.07, 6.45) is 0. The van der Waals surface area contributed by atoms with E-state index < -0.39 is 11.9 Å². The first-order chi connectivity index (χ1) is 14.2. The normalized spacial score (nSPS) is 8.63. The summed E-state index contributed by atoms with van der Waals surface area (Å²) in [5.74, 6) is -0.105. The molecule has 0 spiro atoms. The monoisotopic (exact) mass is 420 g/mol. The van der Waals surface area contributed by atoms with Gasteiger partial charge >= 0.3 is 17.9 Å². The molecule has 0 bridgehead atoms. The van der Waals surface area contributed by atoms with Crippen LogP contribution >= 0.6 is 0 Å². The molecule has 0 aliphatic rings. The maximum Gasteiger partial charge on any atom is 0.310 e. The van der Waals surface area contributed by atoms with E-state index in [1.165, 1.54) is 57.2 Å². The van der Waals surface area contributed by atoms with Crippen LogP contribution in [0.25, 0.3) is 0 Å². The first-order valence-corrected chi connectivity index (χ1v) is 8.15. The molecule has 0 aromatic heterocycles. The van der Waals surface area contributed by atoms with Crippen LogP contribution in [0.5, 0.6) is 23.0 Å². The van der Waals surface area contributed by atoms with Crippen LogP contribution in [0.3, 0.4) is 0 Å². The molecule has 0 amide bonds. The summed E-state index contributed by atoms with van der Waals surface area (Å²) in [5, 5.41) is 8.78. The molecule has 1 N–H and O–H groups in total. The van der Waals surface area contributed by atoms with Crippen LogP contribution in [-0.2, 0) is 28.7 Å². The van der Waals surface area contributed by atoms with Gasteiger partial charge in [0.25, 0.3) is 12.9 Å². The molecule has 0 saturated carbocycles. The second kappa shape index (κ2) is 14.8. The summed E-state index contributed by atoms with van der Waals surface area (Å²) in [7, 11) is 0. The fraction of sp³-hybridized carbons (Fsp3) is 0.150. The summed E-state index contributed by atoms with van der Waals surface area (Å²) in [5.41, 5.74) is 0. The van der Waals surface area contributed by atoms with E-state index in [-0.39, 0.29) is 11.7 Å². The summed E-state index contributed by atoms with van der Waals surface area (Å²) in [6, 6.07) is 12.0. The zero-order valence-corrected chi connectivity index (χ0v) is 16.4. The third-order valence-electron chi connectivity index (χ3n) is 2.58. The Bertz CT molecular complexity index is 814. The fourth-order valence-corrected chi connectivity index (χ4v) is 1.59. The minimum Gasteiger partial charge on any atom is -0.508 e. The predicted molar refractivity (Wildman–Crippen MR) is 102 cm³/mol. The van der Waals surface area contributed by atoms with Gasteiger partial charge in [-0.1, -0.05) is 0 Å². The van der Waals surface area contributed by atoms with E-state index in [2.05, 4.69) is 14.2 Å². The van der Waals surface area contributed by atoms with Gasteiger partial charge in [-0.3, -0.25) is 24.0 Å². The molecule has 0 aliphatic carbocycles. The number of hydrogen-bond acceptors (Lipinski definition) is 10. The Morgan fingerprint density at radius 2 is 1.03 bits per heavy atom. The molecule has 0 unspecified atom stereocenters. The van der Waals surface area contributed by atoms with Gasteiger partial charge in [0.15, 0.2) is 0 Å². The van der Waals surface area contributed by atoms with Crippen molar-refractivity contribution in [1.82, 2.24) is 0 Å². The number of carbonyl (C=O) groups is 5. The Morgan fingerprint density at radius 3 is 1.33 bits per heavy atom. The highest BCUT2D eigenvalue weighted by Gasteiger charge is 1.98. The number of benzene rings is 2. The number of aromatic hydroxyl groups is 1. The number of ether oxygens (including phenoxy) is 4. The smallest absolute Gasteiger partial charge is 0.310 e. The Hall–Kier alpha value is -4.21. The molecule has 160 valence electrons. The Kier molecular flexibility index (Phi) is 12.7. The van der Waals surface area contributed by atoms with Gasteiger partial charge in [-0.2, -0.15) is 0 Å². The van der Waals surface area contributed by atoms with Crippen molar-refractivity contribution in [3.05, 3.63) is 48.5 Å². The number of hydrogen-bond donors (Lipinski definition) is 1. The van der Waals surface area contributed by atoms with Crippen molar-refractivity contribution in [2.45, 2.75) is 20.8 Å². The van der Waals surface area contributed by atoms with Crippen LogP contribution in [-0.4, -0.2) is 36.0 Å². The van der Waals surface area contributed by atoms with E-state index in [9.17, 15) is 24.0 Å². The predicted octanol–water partition coefficient (Wildman–Crippen LogP) is 2.17. The molecular weight excluding hydrogens is 400 g/mol. The first-order valence-electron chi connectivity index (χ1n) is 8.15. The zero-order valence-electron chi connectivity index (χ0n) is 16.4. The topological polar surface area (TPSA) is 142 Å². The lowest BCUT2D eigenvalue weighted by Crippen LogP contribution is -2.03. The van der Waals surface area contributed by atoms with Crippen molar-refractivity contribution < 1.29 is 48.0 Å². The third kappa shape index (κ3) is 13.9. The molecule has 2 aromatic carbocycles. The maximum atomic E-state index is 10.5. The highest BCUT2D eigenvalue weighted by atomic mass is 16.6. The molecule has 0 atom stereocenters. The summed E-state index contributed by atoms with van der Waals surface area (Å²) in [4.78, 5) is 49.8. The van der Waals surface area contributed by atoms with Crippen molar-refractivity contribution >= 4 is 30.9 Å². The van der Waals surface area contributed by atoms with Gasteiger partial charge in [0.2, 0.25) is 0 Å². The Morgan fingerprint density at radius 1 is 0.667 bits per heavy atom. The summed E-state index contributed by atoms with van der Waals surface area (Å²) < 4.78 is 17.8. The van der Waals surface area contributed by atoms with Crippen LogP contribution < -0.4 is 14.2 Å².